The molecular weight excluding hydrogens is 276 g/mol. The summed E-state index contributed by atoms with van der Waals surface area (Å²) in [7, 11) is 1.87. The van der Waals surface area contributed by atoms with Crippen LogP contribution in [0.1, 0.15) is 58.2 Å². The first-order valence-corrected chi connectivity index (χ1v) is 8.30. The van der Waals surface area contributed by atoms with Crippen molar-refractivity contribution in [3.8, 4) is 0 Å². The number of hydrogen-bond donors (Lipinski definition) is 2. The number of aromatic nitrogens is 3. The van der Waals surface area contributed by atoms with E-state index in [1.807, 2.05) is 7.05 Å². The Morgan fingerprint density at radius 2 is 2.14 bits per heavy atom. The number of rotatable bonds is 4. The van der Waals surface area contributed by atoms with Gasteiger partial charge in [-0.25, -0.2) is 4.98 Å². The third kappa shape index (κ3) is 5.00. The SMILES string of the molecule is CN=C(NCCCC(C)(C)C)N1CCC(c2ncn[nH]2)CC1. The van der Waals surface area contributed by atoms with E-state index in [2.05, 4.69) is 51.2 Å². The molecule has 0 aromatic carbocycles. The fourth-order valence-electron chi connectivity index (χ4n) is 2.93. The maximum Gasteiger partial charge on any atom is 0.193 e. The predicted molar refractivity (Wildman–Crippen MR) is 90.0 cm³/mol. The molecule has 1 aliphatic rings. The quantitative estimate of drug-likeness (QED) is 0.509. The zero-order valence-electron chi connectivity index (χ0n) is 14.4. The van der Waals surface area contributed by atoms with E-state index in [0.29, 0.717) is 11.3 Å². The number of aliphatic imine (C=N–C) groups is 1. The van der Waals surface area contributed by atoms with Crippen LogP contribution in [0, 0.1) is 5.41 Å². The van der Waals surface area contributed by atoms with E-state index in [9.17, 15) is 0 Å². The van der Waals surface area contributed by atoms with Crippen LogP contribution in [0.25, 0.3) is 0 Å². The molecule has 6 heteroatoms. The Labute approximate surface area is 133 Å². The minimum atomic E-state index is 0.403. The van der Waals surface area contributed by atoms with E-state index in [-0.39, 0.29) is 0 Å². The number of nitrogens with zero attached hydrogens (tertiary/aromatic N) is 4. The van der Waals surface area contributed by atoms with E-state index in [1.165, 1.54) is 12.8 Å². The molecule has 0 atom stereocenters. The van der Waals surface area contributed by atoms with Crippen molar-refractivity contribution in [2.75, 3.05) is 26.7 Å². The van der Waals surface area contributed by atoms with E-state index >= 15 is 0 Å². The van der Waals surface area contributed by atoms with Crippen LogP contribution in [0.3, 0.4) is 0 Å². The number of hydrogen-bond acceptors (Lipinski definition) is 3. The molecule has 1 fully saturated rings. The third-order valence-corrected chi connectivity index (χ3v) is 4.21. The summed E-state index contributed by atoms with van der Waals surface area (Å²) < 4.78 is 0. The first-order valence-electron chi connectivity index (χ1n) is 8.30. The normalized spacial score (nSPS) is 17.8. The van der Waals surface area contributed by atoms with Crippen molar-refractivity contribution in [1.82, 2.24) is 25.4 Å². The maximum absolute atomic E-state index is 4.43. The Hall–Kier alpha value is -1.59. The summed E-state index contributed by atoms with van der Waals surface area (Å²) in [5.41, 5.74) is 0.403. The van der Waals surface area contributed by atoms with Gasteiger partial charge < -0.3 is 10.2 Å². The number of nitrogens with one attached hydrogen (secondary N) is 2. The molecule has 0 saturated carbocycles. The standard InChI is InChI=1S/C16H30N6/c1-16(2,3)8-5-9-18-15(17-4)22-10-6-13(7-11-22)14-19-12-20-21-14/h12-13H,5-11H2,1-4H3,(H,17,18)(H,19,20,21). The molecule has 2 rings (SSSR count). The smallest absolute Gasteiger partial charge is 0.193 e. The number of aromatic amines is 1. The molecular formula is C16H30N6. The average Bonchev–Trinajstić information content (AvgIpc) is 3.01. The summed E-state index contributed by atoms with van der Waals surface area (Å²) in [6.45, 7) is 9.89. The molecule has 2 N–H and O–H groups in total. The van der Waals surface area contributed by atoms with Gasteiger partial charge in [-0.15, -0.1) is 0 Å². The van der Waals surface area contributed by atoms with Crippen LogP contribution in [-0.4, -0.2) is 52.7 Å². The van der Waals surface area contributed by atoms with Gasteiger partial charge in [-0.2, -0.15) is 5.10 Å². The molecule has 0 spiro atoms. The van der Waals surface area contributed by atoms with Crippen LogP contribution in [-0.2, 0) is 0 Å². The molecule has 6 nitrogen and oxygen atoms in total. The molecule has 1 aromatic heterocycles. The lowest BCUT2D eigenvalue weighted by atomic mass is 9.91. The highest BCUT2D eigenvalue weighted by atomic mass is 15.3. The van der Waals surface area contributed by atoms with E-state index < -0.39 is 0 Å². The number of piperidine rings is 1. The van der Waals surface area contributed by atoms with Gasteiger partial charge in [-0.3, -0.25) is 10.1 Å². The fraction of sp³-hybridized carbons (Fsp3) is 0.812. The zero-order chi connectivity index (χ0) is 16.0. The minimum absolute atomic E-state index is 0.403. The Morgan fingerprint density at radius 1 is 1.41 bits per heavy atom. The fourth-order valence-corrected chi connectivity index (χ4v) is 2.93. The lowest BCUT2D eigenvalue weighted by molar-refractivity contribution is 0.297. The maximum atomic E-state index is 4.43. The molecule has 22 heavy (non-hydrogen) atoms. The largest absolute Gasteiger partial charge is 0.356 e. The zero-order valence-corrected chi connectivity index (χ0v) is 14.4. The van der Waals surface area contributed by atoms with Gasteiger partial charge in [0.2, 0.25) is 0 Å². The summed E-state index contributed by atoms with van der Waals surface area (Å²) in [4.78, 5) is 11.1. The van der Waals surface area contributed by atoms with Gasteiger partial charge in [0.15, 0.2) is 5.96 Å². The number of guanidine groups is 1. The van der Waals surface area contributed by atoms with Crippen molar-refractivity contribution in [1.29, 1.82) is 0 Å². The van der Waals surface area contributed by atoms with Gasteiger partial charge in [-0.05, 0) is 31.1 Å². The van der Waals surface area contributed by atoms with E-state index in [1.54, 1.807) is 6.33 Å². The van der Waals surface area contributed by atoms with Gasteiger partial charge in [-0.1, -0.05) is 20.8 Å². The monoisotopic (exact) mass is 306 g/mol. The third-order valence-electron chi connectivity index (χ3n) is 4.21. The second-order valence-electron chi connectivity index (χ2n) is 7.27. The molecule has 124 valence electrons. The lowest BCUT2D eigenvalue weighted by Crippen LogP contribution is -2.45. The minimum Gasteiger partial charge on any atom is -0.356 e. The second kappa shape index (κ2) is 7.61. The Kier molecular flexibility index (Phi) is 5.80. The van der Waals surface area contributed by atoms with E-state index in [0.717, 1.165) is 44.3 Å². The summed E-state index contributed by atoms with van der Waals surface area (Å²) in [5, 5.41) is 10.4. The highest BCUT2D eigenvalue weighted by Crippen LogP contribution is 2.25. The predicted octanol–water partition coefficient (Wildman–Crippen LogP) is 2.39. The molecule has 1 aromatic rings. The first kappa shape index (κ1) is 16.8. The van der Waals surface area contributed by atoms with Gasteiger partial charge in [0.25, 0.3) is 0 Å². The molecule has 0 unspecified atom stereocenters. The highest BCUT2D eigenvalue weighted by molar-refractivity contribution is 5.79. The molecule has 2 heterocycles. The average molecular weight is 306 g/mol. The van der Waals surface area contributed by atoms with Crippen molar-refractivity contribution in [3.05, 3.63) is 12.2 Å². The van der Waals surface area contributed by atoms with Crippen LogP contribution < -0.4 is 5.32 Å². The van der Waals surface area contributed by atoms with Gasteiger partial charge in [0, 0.05) is 32.6 Å². The van der Waals surface area contributed by atoms with E-state index in [4.69, 9.17) is 0 Å². The highest BCUT2D eigenvalue weighted by Gasteiger charge is 2.24. The van der Waals surface area contributed by atoms with Crippen LogP contribution in [0.4, 0.5) is 0 Å². The number of H-pyrrole nitrogens is 1. The molecule has 1 saturated heterocycles. The molecule has 0 aliphatic carbocycles. The van der Waals surface area contributed by atoms with Crippen LogP contribution >= 0.6 is 0 Å². The van der Waals surface area contributed by atoms with Crippen molar-refractivity contribution >= 4 is 5.96 Å². The summed E-state index contributed by atoms with van der Waals surface area (Å²) in [6, 6.07) is 0. The first-order chi connectivity index (χ1) is 10.5. The van der Waals surface area contributed by atoms with Crippen molar-refractivity contribution in [3.63, 3.8) is 0 Å². The van der Waals surface area contributed by atoms with Crippen LogP contribution in [0.2, 0.25) is 0 Å². The lowest BCUT2D eigenvalue weighted by Gasteiger charge is -2.33. The summed E-state index contributed by atoms with van der Waals surface area (Å²) in [6.07, 6.45) is 6.19. The molecule has 0 radical (unpaired) electrons. The molecule has 1 aliphatic heterocycles. The van der Waals surface area contributed by atoms with Gasteiger partial charge in [0.1, 0.15) is 12.2 Å². The second-order valence-corrected chi connectivity index (χ2v) is 7.27. The van der Waals surface area contributed by atoms with Crippen molar-refractivity contribution in [2.45, 2.75) is 52.4 Å². The Morgan fingerprint density at radius 3 is 2.68 bits per heavy atom. The summed E-state index contributed by atoms with van der Waals surface area (Å²) in [5.74, 6) is 2.55. The summed E-state index contributed by atoms with van der Waals surface area (Å²) >= 11 is 0. The van der Waals surface area contributed by atoms with Crippen molar-refractivity contribution < 1.29 is 0 Å². The Bertz CT molecular complexity index is 451. The van der Waals surface area contributed by atoms with Crippen LogP contribution in [0.5, 0.6) is 0 Å². The van der Waals surface area contributed by atoms with Crippen molar-refractivity contribution in [2.24, 2.45) is 10.4 Å². The molecule has 0 amide bonds. The Balaban J connectivity index is 1.74. The van der Waals surface area contributed by atoms with Gasteiger partial charge >= 0.3 is 0 Å². The molecule has 0 bridgehead atoms. The number of likely N-dealkylation sites (tertiary alicyclic amines) is 1. The topological polar surface area (TPSA) is 69.2 Å². The van der Waals surface area contributed by atoms with Crippen LogP contribution in [0.15, 0.2) is 11.3 Å². The van der Waals surface area contributed by atoms with Gasteiger partial charge in [0.05, 0.1) is 0 Å².